The Bertz CT molecular complexity index is 427. The van der Waals surface area contributed by atoms with Gasteiger partial charge in [0.1, 0.15) is 11.5 Å². The van der Waals surface area contributed by atoms with Crippen LogP contribution in [0.4, 0.5) is 0 Å². The fourth-order valence-corrected chi connectivity index (χ4v) is 2.85. The van der Waals surface area contributed by atoms with Crippen molar-refractivity contribution in [3.05, 3.63) is 23.8 Å². The van der Waals surface area contributed by atoms with Gasteiger partial charge in [-0.1, -0.05) is 6.92 Å². The summed E-state index contributed by atoms with van der Waals surface area (Å²) in [6, 6.07) is 6.22. The molecule has 0 aliphatic carbocycles. The molecule has 2 rings (SSSR count). The Morgan fingerprint density at radius 3 is 2.33 bits per heavy atom. The number of benzene rings is 1. The molecule has 3 unspecified atom stereocenters. The van der Waals surface area contributed by atoms with Crippen molar-refractivity contribution >= 4 is 0 Å². The first kappa shape index (κ1) is 16.1. The number of methoxy groups -OCH3 is 2. The Hall–Kier alpha value is -1.26. The summed E-state index contributed by atoms with van der Waals surface area (Å²) in [5, 5.41) is 3.61. The van der Waals surface area contributed by atoms with E-state index in [1.165, 1.54) is 5.56 Å². The zero-order valence-corrected chi connectivity index (χ0v) is 13.5. The van der Waals surface area contributed by atoms with E-state index in [0.717, 1.165) is 37.3 Å². The summed E-state index contributed by atoms with van der Waals surface area (Å²) in [7, 11) is 3.36. The van der Waals surface area contributed by atoms with Crippen LogP contribution < -0.4 is 14.8 Å². The highest BCUT2D eigenvalue weighted by Crippen LogP contribution is 2.33. The van der Waals surface area contributed by atoms with E-state index in [1.54, 1.807) is 14.2 Å². The van der Waals surface area contributed by atoms with Gasteiger partial charge in [-0.2, -0.15) is 0 Å². The van der Waals surface area contributed by atoms with E-state index >= 15 is 0 Å². The third-order valence-electron chi connectivity index (χ3n) is 3.98. The van der Waals surface area contributed by atoms with Crippen LogP contribution in [0, 0.1) is 0 Å². The molecule has 1 heterocycles. The Morgan fingerprint density at radius 2 is 1.86 bits per heavy atom. The summed E-state index contributed by atoms with van der Waals surface area (Å²) in [5.41, 5.74) is 1.17. The summed E-state index contributed by atoms with van der Waals surface area (Å²) < 4.78 is 16.9. The van der Waals surface area contributed by atoms with Gasteiger partial charge in [0.25, 0.3) is 0 Å². The van der Waals surface area contributed by atoms with Gasteiger partial charge in [0, 0.05) is 6.07 Å². The first-order valence-corrected chi connectivity index (χ1v) is 7.79. The van der Waals surface area contributed by atoms with Crippen molar-refractivity contribution in [2.45, 2.75) is 51.4 Å². The van der Waals surface area contributed by atoms with E-state index in [0.29, 0.717) is 6.10 Å². The lowest BCUT2D eigenvalue weighted by Gasteiger charge is -2.26. The monoisotopic (exact) mass is 293 g/mol. The summed E-state index contributed by atoms with van der Waals surface area (Å²) in [6.07, 6.45) is 3.86. The molecule has 0 spiro atoms. The third-order valence-corrected chi connectivity index (χ3v) is 3.98. The molecule has 0 saturated carbocycles. The van der Waals surface area contributed by atoms with E-state index in [-0.39, 0.29) is 12.1 Å². The molecule has 1 aliphatic rings. The second kappa shape index (κ2) is 7.66. The lowest BCUT2D eigenvalue weighted by molar-refractivity contribution is 0.0315. The highest BCUT2D eigenvalue weighted by molar-refractivity contribution is 5.40. The van der Waals surface area contributed by atoms with Crippen LogP contribution in [-0.2, 0) is 4.74 Å². The first-order valence-electron chi connectivity index (χ1n) is 7.79. The summed E-state index contributed by atoms with van der Waals surface area (Å²) in [4.78, 5) is 0. The van der Waals surface area contributed by atoms with Gasteiger partial charge in [-0.3, -0.25) is 0 Å². The molecule has 0 bridgehead atoms. The Balaban J connectivity index is 2.26. The van der Waals surface area contributed by atoms with Crippen LogP contribution in [0.25, 0.3) is 0 Å². The second-order valence-corrected chi connectivity index (χ2v) is 5.64. The van der Waals surface area contributed by atoms with Crippen molar-refractivity contribution in [1.29, 1.82) is 0 Å². The van der Waals surface area contributed by atoms with Crippen molar-refractivity contribution in [2.24, 2.45) is 0 Å². The Labute approximate surface area is 127 Å². The van der Waals surface area contributed by atoms with Crippen molar-refractivity contribution < 1.29 is 14.2 Å². The quantitative estimate of drug-likeness (QED) is 0.837. The number of ether oxygens (including phenoxy) is 3. The highest BCUT2D eigenvalue weighted by Gasteiger charge is 2.30. The molecule has 1 aromatic rings. The maximum absolute atomic E-state index is 6.08. The normalized spacial score (nSPS) is 23.0. The van der Waals surface area contributed by atoms with E-state index in [2.05, 4.69) is 31.3 Å². The minimum absolute atomic E-state index is 0.180. The lowest BCUT2D eigenvalue weighted by atomic mass is 9.98. The van der Waals surface area contributed by atoms with Gasteiger partial charge in [-0.25, -0.2) is 0 Å². The van der Waals surface area contributed by atoms with Crippen LogP contribution in [0.1, 0.15) is 44.7 Å². The predicted molar refractivity (Wildman–Crippen MR) is 84.1 cm³/mol. The molecule has 0 aromatic heterocycles. The van der Waals surface area contributed by atoms with Gasteiger partial charge >= 0.3 is 0 Å². The number of rotatable bonds is 7. The molecular weight excluding hydrogens is 266 g/mol. The van der Waals surface area contributed by atoms with Crippen LogP contribution in [0.5, 0.6) is 11.5 Å². The van der Waals surface area contributed by atoms with E-state index in [1.807, 2.05) is 6.07 Å². The van der Waals surface area contributed by atoms with Crippen LogP contribution in [-0.4, -0.2) is 33.0 Å². The maximum Gasteiger partial charge on any atom is 0.122 e. The third kappa shape index (κ3) is 4.11. The average Bonchev–Trinajstić information content (AvgIpc) is 2.93. The largest absolute Gasteiger partial charge is 0.497 e. The molecule has 0 radical (unpaired) electrons. The predicted octanol–water partition coefficient (Wildman–Crippen LogP) is 3.31. The van der Waals surface area contributed by atoms with Gasteiger partial charge in [-0.05, 0) is 50.4 Å². The molecule has 1 N–H and O–H groups in total. The number of nitrogens with one attached hydrogen (secondary N) is 1. The van der Waals surface area contributed by atoms with E-state index in [9.17, 15) is 0 Å². The van der Waals surface area contributed by atoms with Crippen molar-refractivity contribution in [3.8, 4) is 11.5 Å². The molecular formula is C17H27NO3. The van der Waals surface area contributed by atoms with Crippen molar-refractivity contribution in [2.75, 3.05) is 20.8 Å². The molecule has 3 atom stereocenters. The van der Waals surface area contributed by atoms with Crippen molar-refractivity contribution in [1.82, 2.24) is 5.32 Å². The summed E-state index contributed by atoms with van der Waals surface area (Å²) in [6.45, 7) is 5.29. The summed E-state index contributed by atoms with van der Waals surface area (Å²) in [5.74, 6) is 1.64. The SMILES string of the molecule is CCCNC(c1cc(OC)cc(OC)c1)C1CCC(C)O1. The molecule has 1 saturated heterocycles. The summed E-state index contributed by atoms with van der Waals surface area (Å²) >= 11 is 0. The van der Waals surface area contributed by atoms with Gasteiger partial charge in [0.15, 0.2) is 0 Å². The van der Waals surface area contributed by atoms with Gasteiger partial charge in [-0.15, -0.1) is 0 Å². The van der Waals surface area contributed by atoms with Crippen molar-refractivity contribution in [3.63, 3.8) is 0 Å². The first-order chi connectivity index (χ1) is 10.2. The highest BCUT2D eigenvalue weighted by atomic mass is 16.5. The van der Waals surface area contributed by atoms with Crippen LogP contribution in [0.3, 0.4) is 0 Å². The smallest absolute Gasteiger partial charge is 0.122 e. The minimum atomic E-state index is 0.180. The standard InChI is InChI=1S/C17H27NO3/c1-5-8-18-17(16-7-6-12(2)21-16)13-9-14(19-3)11-15(10-13)20-4/h9-12,16-18H,5-8H2,1-4H3. The van der Waals surface area contributed by atoms with Gasteiger partial charge < -0.3 is 19.5 Å². The molecule has 1 fully saturated rings. The molecule has 0 amide bonds. The van der Waals surface area contributed by atoms with Gasteiger partial charge in [0.2, 0.25) is 0 Å². The zero-order chi connectivity index (χ0) is 15.2. The van der Waals surface area contributed by atoms with E-state index < -0.39 is 0 Å². The fraction of sp³-hybridized carbons (Fsp3) is 0.647. The zero-order valence-electron chi connectivity index (χ0n) is 13.5. The molecule has 4 nitrogen and oxygen atoms in total. The molecule has 21 heavy (non-hydrogen) atoms. The molecule has 118 valence electrons. The fourth-order valence-electron chi connectivity index (χ4n) is 2.85. The molecule has 1 aromatic carbocycles. The molecule has 4 heteroatoms. The van der Waals surface area contributed by atoms with Crippen LogP contribution in [0.15, 0.2) is 18.2 Å². The molecule has 1 aliphatic heterocycles. The maximum atomic E-state index is 6.08. The second-order valence-electron chi connectivity index (χ2n) is 5.64. The Morgan fingerprint density at radius 1 is 1.19 bits per heavy atom. The average molecular weight is 293 g/mol. The number of hydrogen-bond acceptors (Lipinski definition) is 4. The van der Waals surface area contributed by atoms with Crippen LogP contribution >= 0.6 is 0 Å². The van der Waals surface area contributed by atoms with E-state index in [4.69, 9.17) is 14.2 Å². The topological polar surface area (TPSA) is 39.7 Å². The lowest BCUT2D eigenvalue weighted by Crippen LogP contribution is -2.32. The minimum Gasteiger partial charge on any atom is -0.497 e. The number of hydrogen-bond donors (Lipinski definition) is 1. The van der Waals surface area contributed by atoms with Crippen LogP contribution in [0.2, 0.25) is 0 Å². The van der Waals surface area contributed by atoms with Gasteiger partial charge in [0.05, 0.1) is 32.5 Å². The Kier molecular flexibility index (Phi) is 5.88.